The molecule has 0 aliphatic rings. The van der Waals surface area contributed by atoms with Gasteiger partial charge < -0.3 is 10.2 Å². The first-order valence-electron chi connectivity index (χ1n) is 6.03. The molecule has 0 saturated heterocycles. The molecule has 4 nitrogen and oxygen atoms in total. The van der Waals surface area contributed by atoms with Gasteiger partial charge in [0.25, 0.3) is 0 Å². The molecule has 100 valence electrons. The van der Waals surface area contributed by atoms with Crippen LogP contribution in [0.5, 0.6) is 0 Å². The van der Waals surface area contributed by atoms with E-state index in [-0.39, 0.29) is 5.82 Å². The highest BCUT2D eigenvalue weighted by molar-refractivity contribution is 5.62. The third kappa shape index (κ3) is 2.81. The van der Waals surface area contributed by atoms with Gasteiger partial charge in [0.15, 0.2) is 11.6 Å². The van der Waals surface area contributed by atoms with Gasteiger partial charge >= 0.3 is 0 Å². The molecule has 0 atom stereocenters. The number of aromatic nitrogens is 2. The molecule has 0 amide bonds. The molecule has 0 aliphatic carbocycles. The lowest BCUT2D eigenvalue weighted by Crippen LogP contribution is -2.15. The Balaban J connectivity index is 2.45. The molecule has 1 heterocycles. The molecule has 1 aromatic heterocycles. The van der Waals surface area contributed by atoms with Crippen molar-refractivity contribution in [3.8, 4) is 0 Å². The quantitative estimate of drug-likeness (QED) is 0.921. The topological polar surface area (TPSA) is 41.1 Å². The number of benzene rings is 1. The predicted molar refractivity (Wildman–Crippen MR) is 75.5 cm³/mol. The van der Waals surface area contributed by atoms with Gasteiger partial charge in [-0.15, -0.1) is 0 Å². The van der Waals surface area contributed by atoms with E-state index in [4.69, 9.17) is 0 Å². The van der Waals surface area contributed by atoms with Crippen LogP contribution in [0.15, 0.2) is 24.4 Å². The third-order valence-electron chi connectivity index (χ3n) is 2.86. The summed E-state index contributed by atoms with van der Waals surface area (Å²) in [5.74, 6) is 0.206. The van der Waals surface area contributed by atoms with E-state index in [1.54, 1.807) is 19.0 Å². The Kier molecular flexibility index (Phi) is 3.64. The Morgan fingerprint density at radius 3 is 2.37 bits per heavy atom. The van der Waals surface area contributed by atoms with E-state index in [1.165, 1.54) is 6.20 Å². The second-order valence-electron chi connectivity index (χ2n) is 4.52. The fraction of sp³-hybridized carbons (Fsp3) is 0.286. The molecule has 2 aromatic rings. The maximum absolute atomic E-state index is 13.8. The second-order valence-corrected chi connectivity index (χ2v) is 4.52. The zero-order valence-corrected chi connectivity index (χ0v) is 11.5. The van der Waals surface area contributed by atoms with Gasteiger partial charge in [-0.25, -0.2) is 9.37 Å². The number of anilines is 3. The summed E-state index contributed by atoms with van der Waals surface area (Å²) in [6.07, 6.45) is 1.17. The lowest BCUT2D eigenvalue weighted by atomic mass is 10.1. The molecule has 5 heteroatoms. The molecule has 2 rings (SSSR count). The number of halogens is 1. The molecule has 0 spiro atoms. The first kappa shape index (κ1) is 13.3. The number of nitrogens with one attached hydrogen (secondary N) is 1. The largest absolute Gasteiger partial charge is 0.357 e. The van der Waals surface area contributed by atoms with Crippen LogP contribution in [0, 0.1) is 19.7 Å². The monoisotopic (exact) mass is 260 g/mol. The minimum atomic E-state index is -0.444. The van der Waals surface area contributed by atoms with Gasteiger partial charge in [0, 0.05) is 19.8 Å². The highest BCUT2D eigenvalue weighted by Crippen LogP contribution is 2.26. The van der Waals surface area contributed by atoms with Crippen molar-refractivity contribution >= 4 is 17.5 Å². The van der Waals surface area contributed by atoms with Crippen LogP contribution in [-0.2, 0) is 0 Å². The SMILES string of the molecule is CNc1ncc(F)c(N(C)c2cc(C)cc(C)c2)n1. The van der Waals surface area contributed by atoms with E-state index in [1.807, 2.05) is 26.0 Å². The first-order chi connectivity index (χ1) is 9.01. The van der Waals surface area contributed by atoms with Crippen molar-refractivity contribution in [3.05, 3.63) is 41.3 Å². The number of rotatable bonds is 3. The molecule has 0 saturated carbocycles. The summed E-state index contributed by atoms with van der Waals surface area (Å²) in [5, 5.41) is 2.81. The van der Waals surface area contributed by atoms with Crippen molar-refractivity contribution in [2.75, 3.05) is 24.3 Å². The Morgan fingerprint density at radius 2 is 1.79 bits per heavy atom. The number of nitrogens with zero attached hydrogens (tertiary/aromatic N) is 3. The van der Waals surface area contributed by atoms with E-state index in [2.05, 4.69) is 21.4 Å². The maximum atomic E-state index is 13.8. The highest BCUT2D eigenvalue weighted by atomic mass is 19.1. The van der Waals surface area contributed by atoms with Crippen LogP contribution in [0.4, 0.5) is 21.8 Å². The number of hydrogen-bond acceptors (Lipinski definition) is 4. The molecule has 0 unspecified atom stereocenters. The fourth-order valence-corrected chi connectivity index (χ4v) is 1.98. The zero-order chi connectivity index (χ0) is 14.0. The molecular formula is C14H17FN4. The number of hydrogen-bond donors (Lipinski definition) is 1. The van der Waals surface area contributed by atoms with Crippen LogP contribution >= 0.6 is 0 Å². The summed E-state index contributed by atoms with van der Waals surface area (Å²) < 4.78 is 13.8. The van der Waals surface area contributed by atoms with Crippen molar-refractivity contribution in [1.82, 2.24) is 9.97 Å². The van der Waals surface area contributed by atoms with Crippen molar-refractivity contribution in [1.29, 1.82) is 0 Å². The van der Waals surface area contributed by atoms with Gasteiger partial charge in [0.2, 0.25) is 5.95 Å². The van der Waals surface area contributed by atoms with Crippen molar-refractivity contribution in [3.63, 3.8) is 0 Å². The molecule has 0 fully saturated rings. The third-order valence-corrected chi connectivity index (χ3v) is 2.86. The van der Waals surface area contributed by atoms with Gasteiger partial charge in [-0.3, -0.25) is 0 Å². The zero-order valence-electron chi connectivity index (χ0n) is 11.5. The normalized spacial score (nSPS) is 10.4. The van der Waals surface area contributed by atoms with Crippen molar-refractivity contribution in [2.24, 2.45) is 0 Å². The average molecular weight is 260 g/mol. The summed E-state index contributed by atoms with van der Waals surface area (Å²) in [6.45, 7) is 4.03. The highest BCUT2D eigenvalue weighted by Gasteiger charge is 2.13. The fourth-order valence-electron chi connectivity index (χ4n) is 1.98. The molecular weight excluding hydrogens is 243 g/mol. The molecule has 19 heavy (non-hydrogen) atoms. The molecule has 1 N–H and O–H groups in total. The average Bonchev–Trinajstić information content (AvgIpc) is 2.37. The van der Waals surface area contributed by atoms with Gasteiger partial charge in [0.1, 0.15) is 0 Å². The second kappa shape index (κ2) is 5.22. The van der Waals surface area contributed by atoms with Crippen LogP contribution in [0.1, 0.15) is 11.1 Å². The Labute approximate surface area is 112 Å². The number of aryl methyl sites for hydroxylation is 2. The summed E-state index contributed by atoms with van der Waals surface area (Å²) in [5.41, 5.74) is 3.16. The summed E-state index contributed by atoms with van der Waals surface area (Å²) in [4.78, 5) is 9.72. The standard InChI is InChI=1S/C14H17FN4/c1-9-5-10(2)7-11(6-9)19(4)13-12(15)8-17-14(16-3)18-13/h5-8H,1-4H3,(H,16,17,18). The van der Waals surface area contributed by atoms with Crippen LogP contribution in [0.2, 0.25) is 0 Å². The molecule has 1 aromatic carbocycles. The Hall–Kier alpha value is -2.17. The van der Waals surface area contributed by atoms with E-state index in [0.717, 1.165) is 16.8 Å². The maximum Gasteiger partial charge on any atom is 0.224 e. The lowest BCUT2D eigenvalue weighted by Gasteiger charge is -2.20. The summed E-state index contributed by atoms with van der Waals surface area (Å²) in [7, 11) is 3.49. The molecule has 0 radical (unpaired) electrons. The van der Waals surface area contributed by atoms with Crippen LogP contribution in [-0.4, -0.2) is 24.1 Å². The van der Waals surface area contributed by atoms with Gasteiger partial charge in [-0.1, -0.05) is 6.07 Å². The summed E-state index contributed by atoms with van der Waals surface area (Å²) in [6, 6.07) is 6.06. The van der Waals surface area contributed by atoms with Crippen LogP contribution in [0.25, 0.3) is 0 Å². The smallest absolute Gasteiger partial charge is 0.224 e. The van der Waals surface area contributed by atoms with Gasteiger partial charge in [-0.05, 0) is 37.1 Å². The summed E-state index contributed by atoms with van der Waals surface area (Å²) >= 11 is 0. The van der Waals surface area contributed by atoms with Gasteiger partial charge in [0.05, 0.1) is 6.20 Å². The Morgan fingerprint density at radius 1 is 1.16 bits per heavy atom. The van der Waals surface area contributed by atoms with Crippen LogP contribution < -0.4 is 10.2 Å². The van der Waals surface area contributed by atoms with Crippen molar-refractivity contribution in [2.45, 2.75) is 13.8 Å². The molecule has 0 bridgehead atoms. The van der Waals surface area contributed by atoms with Crippen molar-refractivity contribution < 1.29 is 4.39 Å². The van der Waals surface area contributed by atoms with E-state index in [0.29, 0.717) is 5.95 Å². The predicted octanol–water partition coefficient (Wildman–Crippen LogP) is 3.04. The van der Waals surface area contributed by atoms with E-state index < -0.39 is 5.82 Å². The van der Waals surface area contributed by atoms with E-state index >= 15 is 0 Å². The van der Waals surface area contributed by atoms with E-state index in [9.17, 15) is 4.39 Å². The first-order valence-corrected chi connectivity index (χ1v) is 6.03. The minimum Gasteiger partial charge on any atom is -0.357 e. The lowest BCUT2D eigenvalue weighted by molar-refractivity contribution is 0.614. The van der Waals surface area contributed by atoms with Gasteiger partial charge in [-0.2, -0.15) is 4.98 Å². The Bertz CT molecular complexity index is 578. The van der Waals surface area contributed by atoms with Crippen LogP contribution in [0.3, 0.4) is 0 Å². The molecule has 0 aliphatic heterocycles. The minimum absolute atomic E-state index is 0.254.